The van der Waals surface area contributed by atoms with Crippen molar-refractivity contribution in [2.45, 2.75) is 52.0 Å². The standard InChI is InChI=1S/C11H21N/c1-3-9(2)11(12)10-7-5-4-6-8-10/h7,9,11H,3-6,8,12H2,1-2H3. The maximum absolute atomic E-state index is 6.13. The molecule has 2 atom stereocenters. The van der Waals surface area contributed by atoms with Crippen molar-refractivity contribution in [2.75, 3.05) is 0 Å². The average molecular weight is 167 g/mol. The Bertz CT molecular complexity index is 160. The summed E-state index contributed by atoms with van der Waals surface area (Å²) in [6, 6.07) is 0.329. The molecule has 0 aromatic heterocycles. The third-order valence-electron chi connectivity index (χ3n) is 3.01. The number of hydrogen-bond donors (Lipinski definition) is 1. The van der Waals surface area contributed by atoms with E-state index in [1.165, 1.54) is 37.7 Å². The van der Waals surface area contributed by atoms with Crippen LogP contribution in [0.5, 0.6) is 0 Å². The Hall–Kier alpha value is -0.300. The summed E-state index contributed by atoms with van der Waals surface area (Å²) in [5.41, 5.74) is 7.64. The van der Waals surface area contributed by atoms with E-state index in [9.17, 15) is 0 Å². The van der Waals surface area contributed by atoms with E-state index in [2.05, 4.69) is 19.9 Å². The van der Waals surface area contributed by atoms with Crippen molar-refractivity contribution >= 4 is 0 Å². The SMILES string of the molecule is CCC(C)C(N)C1=CCCCC1. The lowest BCUT2D eigenvalue weighted by Crippen LogP contribution is -2.30. The van der Waals surface area contributed by atoms with E-state index in [0.29, 0.717) is 12.0 Å². The van der Waals surface area contributed by atoms with Crippen LogP contribution in [0.4, 0.5) is 0 Å². The first-order valence-corrected chi connectivity index (χ1v) is 5.20. The van der Waals surface area contributed by atoms with Crippen LogP contribution in [0.15, 0.2) is 11.6 Å². The molecular formula is C11H21N. The summed E-state index contributed by atoms with van der Waals surface area (Å²) in [5.74, 6) is 0.648. The molecule has 0 aliphatic heterocycles. The molecule has 1 heteroatoms. The van der Waals surface area contributed by atoms with Gasteiger partial charge in [-0.1, -0.05) is 31.9 Å². The number of hydrogen-bond acceptors (Lipinski definition) is 1. The summed E-state index contributed by atoms with van der Waals surface area (Å²) in [5, 5.41) is 0. The second kappa shape index (κ2) is 4.66. The van der Waals surface area contributed by atoms with E-state index in [1.807, 2.05) is 0 Å². The van der Waals surface area contributed by atoms with Crippen molar-refractivity contribution in [1.29, 1.82) is 0 Å². The second-order valence-electron chi connectivity index (χ2n) is 3.94. The summed E-state index contributed by atoms with van der Waals surface area (Å²) in [6.07, 6.45) is 8.75. The smallest absolute Gasteiger partial charge is 0.0279 e. The zero-order chi connectivity index (χ0) is 8.97. The molecule has 2 unspecified atom stereocenters. The monoisotopic (exact) mass is 167 g/mol. The Kier molecular flexibility index (Phi) is 3.80. The van der Waals surface area contributed by atoms with E-state index in [0.717, 1.165) is 0 Å². The minimum atomic E-state index is 0.329. The number of allylic oxidation sites excluding steroid dienone is 1. The molecule has 0 saturated carbocycles. The van der Waals surface area contributed by atoms with Gasteiger partial charge in [0.1, 0.15) is 0 Å². The first kappa shape index (κ1) is 9.79. The van der Waals surface area contributed by atoms with Gasteiger partial charge in [-0.25, -0.2) is 0 Å². The molecule has 1 rings (SSSR count). The fourth-order valence-electron chi connectivity index (χ4n) is 1.79. The summed E-state index contributed by atoms with van der Waals surface area (Å²) in [6.45, 7) is 4.47. The fourth-order valence-corrected chi connectivity index (χ4v) is 1.79. The number of rotatable bonds is 3. The lowest BCUT2D eigenvalue weighted by molar-refractivity contribution is 0.465. The molecule has 0 aromatic carbocycles. The van der Waals surface area contributed by atoms with Gasteiger partial charge < -0.3 is 5.73 Å². The average Bonchev–Trinajstić information content (AvgIpc) is 2.17. The predicted molar refractivity (Wildman–Crippen MR) is 54.0 cm³/mol. The Morgan fingerprint density at radius 1 is 1.50 bits per heavy atom. The summed E-state index contributed by atoms with van der Waals surface area (Å²) in [4.78, 5) is 0. The second-order valence-corrected chi connectivity index (χ2v) is 3.94. The molecule has 0 heterocycles. The van der Waals surface area contributed by atoms with Crippen LogP contribution in [-0.2, 0) is 0 Å². The van der Waals surface area contributed by atoms with Crippen LogP contribution in [0.3, 0.4) is 0 Å². The summed E-state index contributed by atoms with van der Waals surface area (Å²) < 4.78 is 0. The van der Waals surface area contributed by atoms with Crippen molar-refractivity contribution in [3.05, 3.63) is 11.6 Å². The molecule has 0 radical (unpaired) electrons. The Morgan fingerprint density at radius 3 is 2.75 bits per heavy atom. The highest BCUT2D eigenvalue weighted by Gasteiger charge is 2.16. The van der Waals surface area contributed by atoms with Gasteiger partial charge in [-0.3, -0.25) is 0 Å². The summed E-state index contributed by atoms with van der Waals surface area (Å²) in [7, 11) is 0. The molecule has 1 aliphatic rings. The van der Waals surface area contributed by atoms with Gasteiger partial charge >= 0.3 is 0 Å². The number of nitrogens with two attached hydrogens (primary N) is 1. The Balaban J connectivity index is 2.49. The maximum Gasteiger partial charge on any atom is 0.0279 e. The van der Waals surface area contributed by atoms with Crippen molar-refractivity contribution < 1.29 is 0 Å². The van der Waals surface area contributed by atoms with Crippen LogP contribution >= 0.6 is 0 Å². The van der Waals surface area contributed by atoms with Crippen LogP contribution in [0.25, 0.3) is 0 Å². The van der Waals surface area contributed by atoms with Gasteiger partial charge in [0.2, 0.25) is 0 Å². The normalized spacial score (nSPS) is 23.1. The Labute approximate surface area is 76.0 Å². The molecule has 1 aliphatic carbocycles. The molecule has 0 saturated heterocycles. The van der Waals surface area contributed by atoms with Gasteiger partial charge in [0.25, 0.3) is 0 Å². The molecule has 0 fully saturated rings. The van der Waals surface area contributed by atoms with E-state index < -0.39 is 0 Å². The first-order chi connectivity index (χ1) is 5.75. The predicted octanol–water partition coefficient (Wildman–Crippen LogP) is 2.86. The lowest BCUT2D eigenvalue weighted by Gasteiger charge is -2.24. The molecule has 1 nitrogen and oxygen atoms in total. The third kappa shape index (κ3) is 2.34. The van der Waals surface area contributed by atoms with Crippen molar-refractivity contribution in [2.24, 2.45) is 11.7 Å². The quantitative estimate of drug-likeness (QED) is 0.643. The van der Waals surface area contributed by atoms with E-state index in [1.54, 1.807) is 0 Å². The van der Waals surface area contributed by atoms with E-state index in [-0.39, 0.29) is 0 Å². The Morgan fingerprint density at radius 2 is 2.25 bits per heavy atom. The highest BCUT2D eigenvalue weighted by atomic mass is 14.6. The van der Waals surface area contributed by atoms with Crippen molar-refractivity contribution in [1.82, 2.24) is 0 Å². The molecule has 0 spiro atoms. The topological polar surface area (TPSA) is 26.0 Å². The van der Waals surface area contributed by atoms with E-state index in [4.69, 9.17) is 5.73 Å². The van der Waals surface area contributed by atoms with Gasteiger partial charge in [0.15, 0.2) is 0 Å². The zero-order valence-electron chi connectivity index (χ0n) is 8.34. The van der Waals surface area contributed by atoms with Gasteiger partial charge in [0, 0.05) is 6.04 Å². The van der Waals surface area contributed by atoms with Crippen LogP contribution in [0.2, 0.25) is 0 Å². The highest BCUT2D eigenvalue weighted by molar-refractivity contribution is 5.13. The van der Waals surface area contributed by atoms with E-state index >= 15 is 0 Å². The molecule has 0 bridgehead atoms. The zero-order valence-corrected chi connectivity index (χ0v) is 8.34. The molecule has 12 heavy (non-hydrogen) atoms. The molecule has 0 aromatic rings. The minimum absolute atomic E-state index is 0.329. The largest absolute Gasteiger partial charge is 0.324 e. The van der Waals surface area contributed by atoms with Gasteiger partial charge in [-0.05, 0) is 31.6 Å². The lowest BCUT2D eigenvalue weighted by atomic mass is 9.87. The molecule has 70 valence electrons. The molecular weight excluding hydrogens is 146 g/mol. The molecule has 2 N–H and O–H groups in total. The first-order valence-electron chi connectivity index (χ1n) is 5.20. The van der Waals surface area contributed by atoms with Crippen molar-refractivity contribution in [3.8, 4) is 0 Å². The summed E-state index contributed by atoms with van der Waals surface area (Å²) >= 11 is 0. The van der Waals surface area contributed by atoms with Crippen LogP contribution in [0, 0.1) is 5.92 Å². The maximum atomic E-state index is 6.13. The van der Waals surface area contributed by atoms with Crippen molar-refractivity contribution in [3.63, 3.8) is 0 Å². The van der Waals surface area contributed by atoms with Gasteiger partial charge in [-0.15, -0.1) is 0 Å². The minimum Gasteiger partial charge on any atom is -0.324 e. The molecule has 0 amide bonds. The highest BCUT2D eigenvalue weighted by Crippen LogP contribution is 2.23. The van der Waals surface area contributed by atoms with Gasteiger partial charge in [-0.2, -0.15) is 0 Å². The third-order valence-corrected chi connectivity index (χ3v) is 3.01. The van der Waals surface area contributed by atoms with Crippen LogP contribution < -0.4 is 5.73 Å². The van der Waals surface area contributed by atoms with Crippen LogP contribution in [-0.4, -0.2) is 6.04 Å². The van der Waals surface area contributed by atoms with Crippen LogP contribution in [0.1, 0.15) is 46.0 Å². The fraction of sp³-hybridized carbons (Fsp3) is 0.818. The van der Waals surface area contributed by atoms with Gasteiger partial charge in [0.05, 0.1) is 0 Å².